The van der Waals surface area contributed by atoms with Crippen LogP contribution >= 0.6 is 22.9 Å². The van der Waals surface area contributed by atoms with Crippen molar-refractivity contribution < 1.29 is 0 Å². The molecule has 3 rings (SSSR count). The molecule has 1 nitrogen and oxygen atoms in total. The lowest BCUT2D eigenvalue weighted by Crippen LogP contribution is -2.21. The van der Waals surface area contributed by atoms with Crippen LogP contribution in [0.5, 0.6) is 0 Å². The standard InChI is InChI=1S/C16H18ClNS/c1-2-18-16(12-7-3-4-8-13(12)17)15-10-11-6-5-9-14(11)19-15/h3-4,7-8,10,16,18H,2,5-6,9H2,1H3. The van der Waals surface area contributed by atoms with Gasteiger partial charge in [0.15, 0.2) is 0 Å². The van der Waals surface area contributed by atoms with Gasteiger partial charge in [-0.1, -0.05) is 36.7 Å². The number of fused-ring (bicyclic) bond motifs is 1. The van der Waals surface area contributed by atoms with E-state index >= 15 is 0 Å². The monoisotopic (exact) mass is 291 g/mol. The lowest BCUT2D eigenvalue weighted by molar-refractivity contribution is 0.639. The van der Waals surface area contributed by atoms with Gasteiger partial charge in [-0.05, 0) is 49.1 Å². The van der Waals surface area contributed by atoms with Crippen LogP contribution in [0.15, 0.2) is 30.3 Å². The van der Waals surface area contributed by atoms with E-state index in [9.17, 15) is 0 Å². The maximum atomic E-state index is 6.36. The van der Waals surface area contributed by atoms with Gasteiger partial charge in [-0.3, -0.25) is 0 Å². The molecule has 0 fully saturated rings. The van der Waals surface area contributed by atoms with Gasteiger partial charge in [0, 0.05) is 14.8 Å². The van der Waals surface area contributed by atoms with Gasteiger partial charge in [-0.25, -0.2) is 0 Å². The average Bonchev–Trinajstić information content (AvgIpc) is 2.97. The molecule has 2 aromatic rings. The Balaban J connectivity index is 1.98. The molecule has 1 aromatic carbocycles. The Kier molecular flexibility index (Phi) is 3.92. The quantitative estimate of drug-likeness (QED) is 0.869. The molecule has 0 saturated heterocycles. The number of nitrogens with one attached hydrogen (secondary N) is 1. The number of hydrogen-bond donors (Lipinski definition) is 1. The molecule has 1 atom stereocenters. The largest absolute Gasteiger partial charge is 0.306 e. The Morgan fingerprint density at radius 3 is 2.89 bits per heavy atom. The van der Waals surface area contributed by atoms with Crippen molar-refractivity contribution in [1.29, 1.82) is 0 Å². The Labute approximate surface area is 123 Å². The van der Waals surface area contributed by atoms with E-state index in [-0.39, 0.29) is 6.04 Å². The van der Waals surface area contributed by atoms with Crippen molar-refractivity contribution in [2.45, 2.75) is 32.2 Å². The van der Waals surface area contributed by atoms with Crippen molar-refractivity contribution in [3.05, 3.63) is 56.2 Å². The Morgan fingerprint density at radius 1 is 1.32 bits per heavy atom. The summed E-state index contributed by atoms with van der Waals surface area (Å²) in [6.07, 6.45) is 3.81. The van der Waals surface area contributed by atoms with Gasteiger partial charge in [0.2, 0.25) is 0 Å². The minimum Gasteiger partial charge on any atom is -0.306 e. The number of thiophene rings is 1. The first kappa shape index (κ1) is 13.2. The second-order valence-electron chi connectivity index (χ2n) is 4.96. The number of aryl methyl sites for hydroxylation is 2. The fraction of sp³-hybridized carbons (Fsp3) is 0.375. The Morgan fingerprint density at radius 2 is 2.16 bits per heavy atom. The van der Waals surface area contributed by atoms with E-state index in [0.29, 0.717) is 0 Å². The van der Waals surface area contributed by atoms with Crippen molar-refractivity contribution in [2.75, 3.05) is 6.54 Å². The number of rotatable bonds is 4. The zero-order valence-corrected chi connectivity index (χ0v) is 12.7. The predicted molar refractivity (Wildman–Crippen MR) is 83.3 cm³/mol. The van der Waals surface area contributed by atoms with Gasteiger partial charge >= 0.3 is 0 Å². The number of benzene rings is 1. The molecule has 1 aromatic heterocycles. The fourth-order valence-corrected chi connectivity index (χ4v) is 4.37. The highest BCUT2D eigenvalue weighted by atomic mass is 35.5. The molecule has 0 aliphatic heterocycles. The first-order valence-electron chi connectivity index (χ1n) is 6.89. The van der Waals surface area contributed by atoms with E-state index in [1.54, 1.807) is 10.4 Å². The van der Waals surface area contributed by atoms with Gasteiger partial charge in [-0.2, -0.15) is 0 Å². The van der Waals surface area contributed by atoms with E-state index in [0.717, 1.165) is 11.6 Å². The summed E-state index contributed by atoms with van der Waals surface area (Å²) in [5, 5.41) is 4.42. The lowest BCUT2D eigenvalue weighted by Gasteiger charge is -2.18. The van der Waals surface area contributed by atoms with Crippen LogP contribution in [0.25, 0.3) is 0 Å². The molecule has 1 unspecified atom stereocenters. The van der Waals surface area contributed by atoms with E-state index < -0.39 is 0 Å². The second kappa shape index (κ2) is 5.66. The first-order chi connectivity index (χ1) is 9.29. The molecule has 3 heteroatoms. The van der Waals surface area contributed by atoms with Crippen molar-refractivity contribution >= 4 is 22.9 Å². The van der Waals surface area contributed by atoms with Crippen LogP contribution in [0.4, 0.5) is 0 Å². The van der Waals surface area contributed by atoms with Gasteiger partial charge in [0.25, 0.3) is 0 Å². The van der Waals surface area contributed by atoms with Crippen molar-refractivity contribution in [3.8, 4) is 0 Å². The van der Waals surface area contributed by atoms with Crippen molar-refractivity contribution in [1.82, 2.24) is 5.32 Å². The first-order valence-corrected chi connectivity index (χ1v) is 8.08. The summed E-state index contributed by atoms with van der Waals surface area (Å²) in [6.45, 7) is 3.09. The third-order valence-electron chi connectivity index (χ3n) is 3.67. The Hall–Kier alpha value is -0.830. The van der Waals surface area contributed by atoms with Gasteiger partial charge in [0.1, 0.15) is 0 Å². The third-order valence-corrected chi connectivity index (χ3v) is 5.32. The van der Waals surface area contributed by atoms with E-state index in [4.69, 9.17) is 11.6 Å². The highest BCUT2D eigenvalue weighted by Gasteiger charge is 2.22. The second-order valence-corrected chi connectivity index (χ2v) is 6.54. The minimum atomic E-state index is 0.231. The third kappa shape index (κ3) is 2.58. The molecule has 19 heavy (non-hydrogen) atoms. The maximum Gasteiger partial charge on any atom is 0.0685 e. The molecule has 1 heterocycles. The molecule has 100 valence electrons. The van der Waals surface area contributed by atoms with Gasteiger partial charge in [0.05, 0.1) is 6.04 Å². The summed E-state index contributed by atoms with van der Waals surface area (Å²) in [5.41, 5.74) is 2.74. The van der Waals surface area contributed by atoms with Crippen LogP contribution in [0, 0.1) is 0 Å². The molecule has 1 aliphatic rings. The molecule has 0 bridgehead atoms. The molecule has 1 N–H and O–H groups in total. The molecular formula is C16H18ClNS. The van der Waals surface area contributed by atoms with Crippen LogP contribution in [0.2, 0.25) is 5.02 Å². The van der Waals surface area contributed by atoms with Crippen LogP contribution in [0.1, 0.15) is 40.3 Å². The van der Waals surface area contributed by atoms with Crippen LogP contribution in [0.3, 0.4) is 0 Å². The zero-order valence-electron chi connectivity index (χ0n) is 11.1. The lowest BCUT2D eigenvalue weighted by atomic mass is 10.0. The van der Waals surface area contributed by atoms with Crippen molar-refractivity contribution in [3.63, 3.8) is 0 Å². The smallest absolute Gasteiger partial charge is 0.0685 e. The molecule has 1 aliphatic carbocycles. The summed E-state index contributed by atoms with van der Waals surface area (Å²) in [6, 6.07) is 10.8. The average molecular weight is 292 g/mol. The minimum absolute atomic E-state index is 0.231. The summed E-state index contributed by atoms with van der Waals surface area (Å²) in [5.74, 6) is 0. The molecule has 0 amide bonds. The number of hydrogen-bond acceptors (Lipinski definition) is 2. The summed E-state index contributed by atoms with van der Waals surface area (Å²) >= 11 is 8.32. The highest BCUT2D eigenvalue weighted by molar-refractivity contribution is 7.12. The van der Waals surface area contributed by atoms with E-state index in [1.165, 1.54) is 29.7 Å². The van der Waals surface area contributed by atoms with Crippen LogP contribution in [-0.4, -0.2) is 6.54 Å². The molecule has 0 radical (unpaired) electrons. The van der Waals surface area contributed by atoms with Crippen LogP contribution in [-0.2, 0) is 12.8 Å². The number of halogens is 1. The zero-order chi connectivity index (χ0) is 13.2. The van der Waals surface area contributed by atoms with Crippen molar-refractivity contribution in [2.24, 2.45) is 0 Å². The molecule has 0 saturated carbocycles. The summed E-state index contributed by atoms with van der Waals surface area (Å²) in [7, 11) is 0. The van der Waals surface area contributed by atoms with E-state index in [1.807, 2.05) is 23.5 Å². The topological polar surface area (TPSA) is 12.0 Å². The molecule has 0 spiro atoms. The summed E-state index contributed by atoms with van der Waals surface area (Å²) in [4.78, 5) is 2.98. The normalized spacial score (nSPS) is 15.5. The SMILES string of the molecule is CCNC(c1cc2c(s1)CCC2)c1ccccc1Cl. The Bertz CT molecular complexity index is 554. The van der Waals surface area contributed by atoms with Gasteiger partial charge < -0.3 is 5.32 Å². The maximum absolute atomic E-state index is 6.36. The summed E-state index contributed by atoms with van der Waals surface area (Å²) < 4.78 is 0. The predicted octanol–water partition coefficient (Wildman–Crippen LogP) is 4.59. The van der Waals surface area contributed by atoms with E-state index in [2.05, 4.69) is 30.4 Å². The van der Waals surface area contributed by atoms with Gasteiger partial charge in [-0.15, -0.1) is 11.3 Å². The fourth-order valence-electron chi connectivity index (χ4n) is 2.77. The highest BCUT2D eigenvalue weighted by Crippen LogP contribution is 2.37. The molecular weight excluding hydrogens is 274 g/mol. The van der Waals surface area contributed by atoms with Crippen LogP contribution < -0.4 is 5.32 Å².